The molecule has 1 N–H and O–H groups in total. The van der Waals surface area contributed by atoms with E-state index in [-0.39, 0.29) is 11.9 Å². The number of rotatable bonds is 5. The van der Waals surface area contributed by atoms with Gasteiger partial charge in [0.1, 0.15) is 11.6 Å². The molecular formula is C15H18FNO. The Kier molecular flexibility index (Phi) is 4.15. The molecule has 18 heavy (non-hydrogen) atoms. The molecule has 0 saturated carbocycles. The van der Waals surface area contributed by atoms with Crippen LogP contribution in [-0.4, -0.2) is 6.04 Å². The third-order valence-electron chi connectivity index (χ3n) is 2.99. The van der Waals surface area contributed by atoms with Gasteiger partial charge in [-0.1, -0.05) is 12.1 Å². The van der Waals surface area contributed by atoms with Crippen LogP contribution in [0.1, 0.15) is 31.2 Å². The molecule has 2 nitrogen and oxygen atoms in total. The fraction of sp³-hybridized carbons (Fsp3) is 0.333. The Balaban J connectivity index is 1.90. The van der Waals surface area contributed by atoms with Gasteiger partial charge in [-0.05, 0) is 43.7 Å². The van der Waals surface area contributed by atoms with E-state index in [4.69, 9.17) is 4.42 Å². The van der Waals surface area contributed by atoms with Crippen LogP contribution in [0.4, 0.5) is 4.39 Å². The number of hydrogen-bond acceptors (Lipinski definition) is 2. The van der Waals surface area contributed by atoms with Crippen LogP contribution in [0.2, 0.25) is 0 Å². The molecule has 96 valence electrons. The van der Waals surface area contributed by atoms with Gasteiger partial charge in [0.2, 0.25) is 0 Å². The summed E-state index contributed by atoms with van der Waals surface area (Å²) in [6.07, 6.45) is 2.53. The van der Waals surface area contributed by atoms with Crippen molar-refractivity contribution in [3.05, 3.63) is 59.8 Å². The predicted molar refractivity (Wildman–Crippen MR) is 69.8 cm³/mol. The first kappa shape index (κ1) is 12.8. The minimum atomic E-state index is -0.199. The maximum atomic E-state index is 12.8. The zero-order valence-corrected chi connectivity index (χ0v) is 10.7. The Morgan fingerprint density at radius 3 is 2.50 bits per heavy atom. The summed E-state index contributed by atoms with van der Waals surface area (Å²) in [7, 11) is 0. The third kappa shape index (κ3) is 3.44. The van der Waals surface area contributed by atoms with E-state index in [1.165, 1.54) is 12.1 Å². The summed E-state index contributed by atoms with van der Waals surface area (Å²) in [4.78, 5) is 0. The molecule has 1 heterocycles. The lowest BCUT2D eigenvalue weighted by molar-refractivity contribution is 0.429. The van der Waals surface area contributed by atoms with Crippen molar-refractivity contribution in [3.8, 4) is 0 Å². The van der Waals surface area contributed by atoms with Crippen LogP contribution < -0.4 is 5.32 Å². The van der Waals surface area contributed by atoms with Gasteiger partial charge in [-0.15, -0.1) is 0 Å². The van der Waals surface area contributed by atoms with E-state index < -0.39 is 0 Å². The first-order valence-electron chi connectivity index (χ1n) is 6.19. The number of furan rings is 1. The summed E-state index contributed by atoms with van der Waals surface area (Å²) in [6.45, 7) is 4.19. The molecule has 0 radical (unpaired) electrons. The van der Waals surface area contributed by atoms with Crippen molar-refractivity contribution in [2.45, 2.75) is 32.4 Å². The van der Waals surface area contributed by atoms with Gasteiger partial charge in [-0.2, -0.15) is 0 Å². The van der Waals surface area contributed by atoms with Gasteiger partial charge in [0.05, 0.1) is 6.26 Å². The average molecular weight is 247 g/mol. The molecule has 1 aromatic carbocycles. The van der Waals surface area contributed by atoms with Crippen molar-refractivity contribution in [1.29, 1.82) is 0 Å². The standard InChI is InChI=1S/C15H18FNO/c1-11(10-15-4-3-9-18-15)17-12(2)13-5-7-14(16)8-6-13/h3-9,11-12,17H,10H2,1-2H3. The van der Waals surface area contributed by atoms with Crippen molar-refractivity contribution in [2.75, 3.05) is 0 Å². The Labute approximate surface area is 107 Å². The molecule has 0 amide bonds. The molecule has 2 rings (SSSR count). The van der Waals surface area contributed by atoms with Gasteiger partial charge in [0, 0.05) is 18.5 Å². The number of halogens is 1. The number of hydrogen-bond donors (Lipinski definition) is 1. The topological polar surface area (TPSA) is 25.2 Å². The lowest BCUT2D eigenvalue weighted by Gasteiger charge is -2.19. The SMILES string of the molecule is CC(Cc1ccco1)NC(C)c1ccc(F)cc1. The van der Waals surface area contributed by atoms with Crippen molar-refractivity contribution in [3.63, 3.8) is 0 Å². The van der Waals surface area contributed by atoms with E-state index in [1.807, 2.05) is 24.3 Å². The highest BCUT2D eigenvalue weighted by atomic mass is 19.1. The second-order valence-corrected chi connectivity index (χ2v) is 4.62. The Hall–Kier alpha value is -1.61. The molecular weight excluding hydrogens is 229 g/mol. The molecule has 0 bridgehead atoms. The first-order chi connectivity index (χ1) is 8.65. The van der Waals surface area contributed by atoms with Gasteiger partial charge < -0.3 is 9.73 Å². The summed E-state index contributed by atoms with van der Waals surface area (Å²) >= 11 is 0. The van der Waals surface area contributed by atoms with Gasteiger partial charge in [-0.25, -0.2) is 4.39 Å². The molecule has 3 heteroatoms. The second-order valence-electron chi connectivity index (χ2n) is 4.62. The van der Waals surface area contributed by atoms with Gasteiger partial charge in [-0.3, -0.25) is 0 Å². The molecule has 2 unspecified atom stereocenters. The summed E-state index contributed by atoms with van der Waals surface area (Å²) in [6, 6.07) is 11.0. The fourth-order valence-electron chi connectivity index (χ4n) is 2.06. The minimum absolute atomic E-state index is 0.190. The zero-order chi connectivity index (χ0) is 13.0. The van der Waals surface area contributed by atoms with Crippen LogP contribution in [0.15, 0.2) is 47.1 Å². The Morgan fingerprint density at radius 1 is 1.17 bits per heavy atom. The van der Waals surface area contributed by atoms with Gasteiger partial charge >= 0.3 is 0 Å². The summed E-state index contributed by atoms with van der Waals surface area (Å²) in [5.41, 5.74) is 1.09. The van der Waals surface area contributed by atoms with Crippen molar-refractivity contribution >= 4 is 0 Å². The highest BCUT2D eigenvalue weighted by molar-refractivity contribution is 5.19. The normalized spacial score (nSPS) is 14.4. The highest BCUT2D eigenvalue weighted by Crippen LogP contribution is 2.14. The maximum absolute atomic E-state index is 12.8. The molecule has 0 fully saturated rings. The van der Waals surface area contributed by atoms with E-state index in [0.717, 1.165) is 17.7 Å². The molecule has 0 aliphatic carbocycles. The Bertz CT molecular complexity index is 464. The third-order valence-corrected chi connectivity index (χ3v) is 2.99. The first-order valence-corrected chi connectivity index (χ1v) is 6.19. The smallest absolute Gasteiger partial charge is 0.123 e. The number of nitrogens with one attached hydrogen (secondary N) is 1. The summed E-state index contributed by atoms with van der Waals surface area (Å²) in [5, 5.41) is 3.47. The van der Waals surface area contributed by atoms with Crippen LogP contribution >= 0.6 is 0 Å². The molecule has 2 aromatic rings. The monoisotopic (exact) mass is 247 g/mol. The van der Waals surface area contributed by atoms with Crippen LogP contribution in [0, 0.1) is 5.82 Å². The van der Waals surface area contributed by atoms with Gasteiger partial charge in [0.15, 0.2) is 0 Å². The number of benzene rings is 1. The quantitative estimate of drug-likeness (QED) is 0.871. The lowest BCUT2D eigenvalue weighted by atomic mass is 10.1. The average Bonchev–Trinajstić information content (AvgIpc) is 2.82. The van der Waals surface area contributed by atoms with Crippen LogP contribution in [0.25, 0.3) is 0 Å². The van der Waals surface area contributed by atoms with E-state index in [2.05, 4.69) is 19.2 Å². The highest BCUT2D eigenvalue weighted by Gasteiger charge is 2.11. The van der Waals surface area contributed by atoms with Crippen molar-refractivity contribution in [1.82, 2.24) is 5.32 Å². The zero-order valence-electron chi connectivity index (χ0n) is 10.7. The Morgan fingerprint density at radius 2 is 1.89 bits per heavy atom. The van der Waals surface area contributed by atoms with E-state index >= 15 is 0 Å². The summed E-state index contributed by atoms with van der Waals surface area (Å²) < 4.78 is 18.1. The molecule has 0 aliphatic rings. The van der Waals surface area contributed by atoms with E-state index in [1.54, 1.807) is 6.26 Å². The van der Waals surface area contributed by atoms with Gasteiger partial charge in [0.25, 0.3) is 0 Å². The van der Waals surface area contributed by atoms with E-state index in [9.17, 15) is 4.39 Å². The molecule has 2 atom stereocenters. The second kappa shape index (κ2) is 5.83. The molecule has 0 aliphatic heterocycles. The van der Waals surface area contributed by atoms with E-state index in [0.29, 0.717) is 6.04 Å². The molecule has 0 spiro atoms. The van der Waals surface area contributed by atoms with Crippen LogP contribution in [0.5, 0.6) is 0 Å². The van der Waals surface area contributed by atoms with Crippen LogP contribution in [0.3, 0.4) is 0 Å². The van der Waals surface area contributed by atoms with Crippen molar-refractivity contribution < 1.29 is 8.81 Å². The minimum Gasteiger partial charge on any atom is -0.469 e. The molecule has 1 aromatic heterocycles. The lowest BCUT2D eigenvalue weighted by Crippen LogP contribution is -2.30. The maximum Gasteiger partial charge on any atom is 0.123 e. The predicted octanol–water partition coefficient (Wildman–Crippen LogP) is 3.70. The summed E-state index contributed by atoms with van der Waals surface area (Å²) in [5.74, 6) is 0.774. The largest absolute Gasteiger partial charge is 0.469 e. The fourth-order valence-corrected chi connectivity index (χ4v) is 2.06. The van der Waals surface area contributed by atoms with Crippen LogP contribution in [-0.2, 0) is 6.42 Å². The molecule has 0 saturated heterocycles. The van der Waals surface area contributed by atoms with Crippen molar-refractivity contribution in [2.24, 2.45) is 0 Å².